The molecule has 0 aliphatic carbocycles. The van der Waals surface area contributed by atoms with Gasteiger partial charge in [0.2, 0.25) is 5.91 Å². The third-order valence-electron chi connectivity index (χ3n) is 3.27. The maximum absolute atomic E-state index is 12.1. The van der Waals surface area contributed by atoms with Gasteiger partial charge in [0.1, 0.15) is 5.82 Å². The van der Waals surface area contributed by atoms with E-state index in [0.717, 1.165) is 18.8 Å². The predicted molar refractivity (Wildman–Crippen MR) is 66.8 cm³/mol. The van der Waals surface area contributed by atoms with E-state index in [1.54, 1.807) is 6.20 Å². The van der Waals surface area contributed by atoms with Crippen molar-refractivity contribution in [3.63, 3.8) is 0 Å². The molecule has 2 rings (SSSR count). The van der Waals surface area contributed by atoms with Crippen molar-refractivity contribution >= 4 is 11.7 Å². The van der Waals surface area contributed by atoms with Gasteiger partial charge in [-0.1, -0.05) is 0 Å². The molecule has 5 nitrogen and oxygen atoms in total. The highest BCUT2D eigenvalue weighted by Crippen LogP contribution is 2.19. The van der Waals surface area contributed by atoms with Crippen LogP contribution in [0.5, 0.6) is 0 Å². The maximum Gasteiger partial charge on any atom is 0.230 e. The SMILES string of the molecule is CC1NCCC1C(=O)Nc1ccnn1C(C)C. The van der Waals surface area contributed by atoms with E-state index in [2.05, 4.69) is 22.7 Å². The second-order valence-corrected chi connectivity index (χ2v) is 4.88. The van der Waals surface area contributed by atoms with Crippen LogP contribution in [0.1, 0.15) is 33.2 Å². The second-order valence-electron chi connectivity index (χ2n) is 4.88. The molecule has 0 radical (unpaired) electrons. The molecule has 94 valence electrons. The monoisotopic (exact) mass is 236 g/mol. The van der Waals surface area contributed by atoms with Crippen molar-refractivity contribution in [2.24, 2.45) is 5.92 Å². The van der Waals surface area contributed by atoms with E-state index in [0.29, 0.717) is 0 Å². The molecule has 1 aromatic heterocycles. The fourth-order valence-electron chi connectivity index (χ4n) is 2.26. The smallest absolute Gasteiger partial charge is 0.230 e. The summed E-state index contributed by atoms with van der Waals surface area (Å²) >= 11 is 0. The molecule has 0 bridgehead atoms. The molecular weight excluding hydrogens is 216 g/mol. The van der Waals surface area contributed by atoms with Gasteiger partial charge in [-0.3, -0.25) is 4.79 Å². The van der Waals surface area contributed by atoms with E-state index in [1.807, 2.05) is 24.6 Å². The van der Waals surface area contributed by atoms with Crippen molar-refractivity contribution in [3.05, 3.63) is 12.3 Å². The molecule has 5 heteroatoms. The Bertz CT molecular complexity index is 399. The lowest BCUT2D eigenvalue weighted by Crippen LogP contribution is -2.32. The minimum atomic E-state index is 0.0607. The summed E-state index contributed by atoms with van der Waals surface area (Å²) in [5.74, 6) is 0.930. The zero-order chi connectivity index (χ0) is 12.4. The van der Waals surface area contributed by atoms with Crippen LogP contribution in [0.4, 0.5) is 5.82 Å². The van der Waals surface area contributed by atoms with Crippen LogP contribution >= 0.6 is 0 Å². The van der Waals surface area contributed by atoms with Gasteiger partial charge in [-0.05, 0) is 33.7 Å². The number of nitrogens with one attached hydrogen (secondary N) is 2. The lowest BCUT2D eigenvalue weighted by Gasteiger charge is -2.16. The highest BCUT2D eigenvalue weighted by Gasteiger charge is 2.29. The molecular formula is C12H20N4O. The summed E-state index contributed by atoms with van der Waals surface area (Å²) in [5, 5.41) is 10.5. The molecule has 2 atom stereocenters. The van der Waals surface area contributed by atoms with Crippen molar-refractivity contribution in [2.75, 3.05) is 11.9 Å². The molecule has 0 spiro atoms. The van der Waals surface area contributed by atoms with Gasteiger partial charge in [0, 0.05) is 18.2 Å². The van der Waals surface area contributed by atoms with Crippen LogP contribution < -0.4 is 10.6 Å². The molecule has 1 fully saturated rings. The zero-order valence-corrected chi connectivity index (χ0v) is 10.6. The Labute approximate surface area is 102 Å². The molecule has 1 aromatic rings. The summed E-state index contributed by atoms with van der Waals surface area (Å²) < 4.78 is 1.82. The van der Waals surface area contributed by atoms with Crippen LogP contribution in [0.2, 0.25) is 0 Å². The highest BCUT2D eigenvalue weighted by atomic mass is 16.2. The molecule has 1 aliphatic heterocycles. The minimum absolute atomic E-state index is 0.0607. The summed E-state index contributed by atoms with van der Waals surface area (Å²) in [6, 6.07) is 2.34. The van der Waals surface area contributed by atoms with Crippen molar-refractivity contribution < 1.29 is 4.79 Å². The van der Waals surface area contributed by atoms with Gasteiger partial charge < -0.3 is 10.6 Å². The standard InChI is InChI=1S/C12H20N4O/c1-8(2)16-11(5-7-14-16)15-12(17)10-4-6-13-9(10)3/h5,7-10,13H,4,6H2,1-3H3,(H,15,17). The minimum Gasteiger partial charge on any atom is -0.313 e. The Morgan fingerprint density at radius 1 is 1.65 bits per heavy atom. The van der Waals surface area contributed by atoms with E-state index in [9.17, 15) is 4.79 Å². The first-order chi connectivity index (χ1) is 8.09. The number of hydrogen-bond donors (Lipinski definition) is 2. The van der Waals surface area contributed by atoms with Crippen LogP contribution in [-0.4, -0.2) is 28.3 Å². The molecule has 1 amide bonds. The number of anilines is 1. The Balaban J connectivity index is 2.05. The molecule has 0 saturated carbocycles. The van der Waals surface area contributed by atoms with Crippen LogP contribution in [0.3, 0.4) is 0 Å². The summed E-state index contributed by atoms with van der Waals surface area (Å²) in [4.78, 5) is 12.1. The quantitative estimate of drug-likeness (QED) is 0.834. The van der Waals surface area contributed by atoms with Gasteiger partial charge >= 0.3 is 0 Å². The fraction of sp³-hybridized carbons (Fsp3) is 0.667. The first-order valence-corrected chi connectivity index (χ1v) is 6.17. The largest absolute Gasteiger partial charge is 0.313 e. The van der Waals surface area contributed by atoms with E-state index in [-0.39, 0.29) is 23.9 Å². The number of hydrogen-bond acceptors (Lipinski definition) is 3. The Hall–Kier alpha value is -1.36. The molecule has 17 heavy (non-hydrogen) atoms. The van der Waals surface area contributed by atoms with Crippen molar-refractivity contribution in [3.8, 4) is 0 Å². The third kappa shape index (κ3) is 2.49. The van der Waals surface area contributed by atoms with Gasteiger partial charge in [-0.25, -0.2) is 4.68 Å². The van der Waals surface area contributed by atoms with Gasteiger partial charge in [0.05, 0.1) is 12.1 Å². The number of amides is 1. The summed E-state index contributed by atoms with van der Waals surface area (Å²) in [6.45, 7) is 7.06. The Morgan fingerprint density at radius 2 is 2.41 bits per heavy atom. The summed E-state index contributed by atoms with van der Waals surface area (Å²) in [7, 11) is 0. The predicted octanol–water partition coefficient (Wildman–Crippen LogP) is 1.40. The molecule has 1 aliphatic rings. The molecule has 0 aromatic carbocycles. The van der Waals surface area contributed by atoms with E-state index < -0.39 is 0 Å². The van der Waals surface area contributed by atoms with Crippen LogP contribution in [0.25, 0.3) is 0 Å². The molecule has 2 heterocycles. The normalized spacial score (nSPS) is 24.2. The van der Waals surface area contributed by atoms with Crippen LogP contribution in [-0.2, 0) is 4.79 Å². The van der Waals surface area contributed by atoms with Crippen LogP contribution in [0.15, 0.2) is 12.3 Å². The molecule has 2 unspecified atom stereocenters. The average Bonchev–Trinajstić information content (AvgIpc) is 2.86. The van der Waals surface area contributed by atoms with E-state index in [4.69, 9.17) is 0 Å². The molecule has 1 saturated heterocycles. The number of rotatable bonds is 3. The van der Waals surface area contributed by atoms with Gasteiger partial charge in [-0.15, -0.1) is 0 Å². The third-order valence-corrected chi connectivity index (χ3v) is 3.27. The Kier molecular flexibility index (Phi) is 3.47. The maximum atomic E-state index is 12.1. The Morgan fingerprint density at radius 3 is 3.00 bits per heavy atom. The van der Waals surface area contributed by atoms with E-state index >= 15 is 0 Å². The van der Waals surface area contributed by atoms with Gasteiger partial charge in [0.25, 0.3) is 0 Å². The lowest BCUT2D eigenvalue weighted by molar-refractivity contribution is -0.120. The van der Waals surface area contributed by atoms with Crippen molar-refractivity contribution in [1.82, 2.24) is 15.1 Å². The first kappa shape index (κ1) is 12.1. The van der Waals surface area contributed by atoms with E-state index in [1.165, 1.54) is 0 Å². The van der Waals surface area contributed by atoms with Gasteiger partial charge in [-0.2, -0.15) is 5.10 Å². The van der Waals surface area contributed by atoms with Gasteiger partial charge in [0.15, 0.2) is 0 Å². The highest BCUT2D eigenvalue weighted by molar-refractivity contribution is 5.92. The summed E-state index contributed by atoms with van der Waals surface area (Å²) in [6.07, 6.45) is 2.62. The molecule has 2 N–H and O–H groups in total. The average molecular weight is 236 g/mol. The van der Waals surface area contributed by atoms with Crippen molar-refractivity contribution in [2.45, 2.75) is 39.3 Å². The number of aromatic nitrogens is 2. The number of nitrogens with zero attached hydrogens (tertiary/aromatic N) is 2. The fourth-order valence-corrected chi connectivity index (χ4v) is 2.26. The second kappa shape index (κ2) is 4.87. The zero-order valence-electron chi connectivity index (χ0n) is 10.6. The van der Waals surface area contributed by atoms with Crippen molar-refractivity contribution in [1.29, 1.82) is 0 Å². The lowest BCUT2D eigenvalue weighted by atomic mass is 10.0. The number of carbonyl (C=O) groups is 1. The number of carbonyl (C=O) groups excluding carboxylic acids is 1. The van der Waals surface area contributed by atoms with Crippen LogP contribution in [0, 0.1) is 5.92 Å². The first-order valence-electron chi connectivity index (χ1n) is 6.17. The summed E-state index contributed by atoms with van der Waals surface area (Å²) in [5.41, 5.74) is 0. The topological polar surface area (TPSA) is 59.0 Å².